The number of sulfonamides is 1. The molecule has 5 nitrogen and oxygen atoms in total. The molecule has 1 aliphatic carbocycles. The van der Waals surface area contributed by atoms with E-state index in [-0.39, 0.29) is 17.7 Å². The van der Waals surface area contributed by atoms with Crippen LogP contribution >= 0.6 is 0 Å². The lowest BCUT2D eigenvalue weighted by molar-refractivity contribution is -0.131. The Bertz CT molecular complexity index is 787. The fraction of sp³-hybridized carbons (Fsp3) is 0.591. The zero-order valence-corrected chi connectivity index (χ0v) is 18.5. The van der Waals surface area contributed by atoms with Gasteiger partial charge in [-0.25, -0.2) is 13.1 Å². The van der Waals surface area contributed by atoms with Gasteiger partial charge in [-0.3, -0.25) is 4.79 Å². The zero-order chi connectivity index (χ0) is 20.9. The molecule has 6 heteroatoms. The summed E-state index contributed by atoms with van der Waals surface area (Å²) in [5, 5.41) is 0. The van der Waals surface area contributed by atoms with Crippen molar-refractivity contribution in [3.8, 4) is 0 Å². The fourth-order valence-electron chi connectivity index (χ4n) is 4.07. The van der Waals surface area contributed by atoms with Crippen molar-refractivity contribution in [2.45, 2.75) is 40.2 Å². The van der Waals surface area contributed by atoms with E-state index >= 15 is 0 Å². The van der Waals surface area contributed by atoms with Gasteiger partial charge < -0.3 is 4.90 Å². The quantitative estimate of drug-likeness (QED) is 0.673. The maximum Gasteiger partial charge on any atom is 0.223 e. The Labute approximate surface area is 170 Å². The molecule has 1 aromatic carbocycles. The van der Waals surface area contributed by atoms with E-state index < -0.39 is 10.0 Å². The maximum absolute atomic E-state index is 12.8. The van der Waals surface area contributed by atoms with E-state index in [9.17, 15) is 13.2 Å². The SMILES string of the molecule is CC1=C[C@@H](CNS(C)(=O)=O)[C@H](C(C)C)C[C@H]1CC(=O)N(C)Cc1ccccc1. The molecule has 3 atom stereocenters. The summed E-state index contributed by atoms with van der Waals surface area (Å²) in [5.74, 6) is 1.32. The van der Waals surface area contributed by atoms with E-state index in [1.807, 2.05) is 37.4 Å². The van der Waals surface area contributed by atoms with Crippen LogP contribution < -0.4 is 4.72 Å². The van der Waals surface area contributed by atoms with E-state index in [1.54, 1.807) is 4.90 Å². The van der Waals surface area contributed by atoms with Crippen molar-refractivity contribution in [3.63, 3.8) is 0 Å². The predicted molar refractivity (Wildman–Crippen MR) is 114 cm³/mol. The van der Waals surface area contributed by atoms with Gasteiger partial charge in [0.25, 0.3) is 0 Å². The van der Waals surface area contributed by atoms with E-state index in [4.69, 9.17) is 0 Å². The van der Waals surface area contributed by atoms with Gasteiger partial charge in [-0.05, 0) is 42.6 Å². The predicted octanol–water partition coefficient (Wildman–Crippen LogP) is 3.44. The number of benzene rings is 1. The minimum absolute atomic E-state index is 0.150. The van der Waals surface area contributed by atoms with Crippen molar-refractivity contribution in [1.29, 1.82) is 0 Å². The molecule has 1 aromatic rings. The molecule has 156 valence electrons. The van der Waals surface area contributed by atoms with E-state index in [1.165, 1.54) is 11.8 Å². The molecule has 1 aliphatic rings. The minimum Gasteiger partial charge on any atom is -0.341 e. The van der Waals surface area contributed by atoms with Crippen LogP contribution in [0.15, 0.2) is 42.0 Å². The van der Waals surface area contributed by atoms with Gasteiger partial charge in [0.05, 0.1) is 6.26 Å². The Morgan fingerprint density at radius 3 is 2.46 bits per heavy atom. The highest BCUT2D eigenvalue weighted by molar-refractivity contribution is 7.88. The van der Waals surface area contributed by atoms with E-state index in [2.05, 4.69) is 31.6 Å². The molecule has 1 N–H and O–H groups in total. The normalized spacial score (nSPS) is 22.8. The summed E-state index contributed by atoms with van der Waals surface area (Å²) in [5.41, 5.74) is 2.32. The largest absolute Gasteiger partial charge is 0.341 e. The summed E-state index contributed by atoms with van der Waals surface area (Å²) in [7, 11) is -1.35. The van der Waals surface area contributed by atoms with E-state index in [0.717, 1.165) is 12.0 Å². The standard InChI is InChI=1S/C22H34N2O3S/c1-16(2)21-12-19(17(3)11-20(21)14-23-28(5,26)27)13-22(25)24(4)15-18-9-7-6-8-10-18/h6-11,16,19-21,23H,12-15H2,1-5H3/t19-,20-,21-/m0/s1. The van der Waals surface area contributed by atoms with Crippen LogP contribution in [0.2, 0.25) is 0 Å². The van der Waals surface area contributed by atoms with Crippen molar-refractivity contribution in [3.05, 3.63) is 47.5 Å². The molecule has 28 heavy (non-hydrogen) atoms. The molecule has 0 unspecified atom stereocenters. The van der Waals surface area contributed by atoms with Gasteiger partial charge in [-0.1, -0.05) is 55.8 Å². The monoisotopic (exact) mass is 406 g/mol. The van der Waals surface area contributed by atoms with Gasteiger partial charge in [-0.15, -0.1) is 0 Å². The summed E-state index contributed by atoms with van der Waals surface area (Å²) >= 11 is 0. The molecule has 2 rings (SSSR count). The van der Waals surface area contributed by atoms with Crippen molar-refractivity contribution in [2.24, 2.45) is 23.7 Å². The van der Waals surface area contributed by atoms with Crippen molar-refractivity contribution >= 4 is 15.9 Å². The number of amides is 1. The van der Waals surface area contributed by atoms with Gasteiger partial charge in [0.2, 0.25) is 15.9 Å². The maximum atomic E-state index is 12.8. The van der Waals surface area contributed by atoms with Crippen LogP contribution in [0.4, 0.5) is 0 Å². The second-order valence-corrected chi connectivity index (χ2v) is 10.3. The van der Waals surface area contributed by atoms with E-state index in [0.29, 0.717) is 31.3 Å². The molecule has 0 heterocycles. The van der Waals surface area contributed by atoms with Gasteiger partial charge in [0.1, 0.15) is 0 Å². The smallest absolute Gasteiger partial charge is 0.223 e. The highest BCUT2D eigenvalue weighted by Gasteiger charge is 2.33. The van der Waals surface area contributed by atoms with Crippen LogP contribution in [-0.4, -0.2) is 39.1 Å². The minimum atomic E-state index is -3.20. The second-order valence-electron chi connectivity index (χ2n) is 8.48. The van der Waals surface area contributed by atoms with Crippen molar-refractivity contribution < 1.29 is 13.2 Å². The number of nitrogens with zero attached hydrogens (tertiary/aromatic N) is 1. The number of hydrogen-bond acceptors (Lipinski definition) is 3. The Kier molecular flexibility index (Phi) is 7.84. The van der Waals surface area contributed by atoms with Gasteiger partial charge in [0, 0.05) is 26.6 Å². The van der Waals surface area contributed by atoms with Gasteiger partial charge in [-0.2, -0.15) is 0 Å². The number of nitrogens with one attached hydrogen (secondary N) is 1. The summed E-state index contributed by atoms with van der Waals surface area (Å²) in [6, 6.07) is 10.0. The molecule has 0 bridgehead atoms. The molecular formula is C22H34N2O3S. The zero-order valence-electron chi connectivity index (χ0n) is 17.7. The Balaban J connectivity index is 2.03. The first-order valence-corrected chi connectivity index (χ1v) is 11.9. The number of allylic oxidation sites excluding steroid dienone is 1. The molecule has 0 saturated heterocycles. The van der Waals surface area contributed by atoms with Crippen LogP contribution in [0, 0.1) is 23.7 Å². The van der Waals surface area contributed by atoms with Crippen LogP contribution in [0.25, 0.3) is 0 Å². The average Bonchev–Trinajstić information content (AvgIpc) is 2.61. The van der Waals surface area contributed by atoms with Gasteiger partial charge in [0.15, 0.2) is 0 Å². The Hall–Kier alpha value is -1.66. The highest BCUT2D eigenvalue weighted by Crippen LogP contribution is 2.39. The number of carbonyl (C=O) groups is 1. The Morgan fingerprint density at radius 1 is 1.25 bits per heavy atom. The molecule has 0 aliphatic heterocycles. The lowest BCUT2D eigenvalue weighted by atomic mass is 9.70. The lowest BCUT2D eigenvalue weighted by Crippen LogP contribution is -2.37. The molecule has 0 saturated carbocycles. The van der Waals surface area contributed by atoms with Crippen molar-refractivity contribution in [1.82, 2.24) is 9.62 Å². The van der Waals surface area contributed by atoms with Crippen molar-refractivity contribution in [2.75, 3.05) is 19.8 Å². The van der Waals surface area contributed by atoms with Crippen LogP contribution in [0.3, 0.4) is 0 Å². The first-order valence-electron chi connectivity index (χ1n) is 9.97. The first kappa shape index (κ1) is 22.6. The number of carbonyl (C=O) groups excluding carboxylic acids is 1. The topological polar surface area (TPSA) is 66.5 Å². The summed E-state index contributed by atoms with van der Waals surface area (Å²) in [6.07, 6.45) is 4.80. The van der Waals surface area contributed by atoms with Crippen LogP contribution in [0.5, 0.6) is 0 Å². The molecule has 1 amide bonds. The van der Waals surface area contributed by atoms with Crippen LogP contribution in [-0.2, 0) is 21.4 Å². The molecular weight excluding hydrogens is 372 g/mol. The third-order valence-electron chi connectivity index (χ3n) is 5.77. The van der Waals surface area contributed by atoms with Gasteiger partial charge >= 0.3 is 0 Å². The molecule has 0 aromatic heterocycles. The summed E-state index contributed by atoms with van der Waals surface area (Å²) in [6.45, 7) is 7.45. The molecule has 0 radical (unpaired) electrons. The lowest BCUT2D eigenvalue weighted by Gasteiger charge is -2.37. The number of rotatable bonds is 8. The summed E-state index contributed by atoms with van der Waals surface area (Å²) < 4.78 is 25.6. The highest BCUT2D eigenvalue weighted by atomic mass is 32.2. The summed E-state index contributed by atoms with van der Waals surface area (Å²) in [4.78, 5) is 14.6. The number of hydrogen-bond donors (Lipinski definition) is 1. The third-order valence-corrected chi connectivity index (χ3v) is 6.47. The average molecular weight is 407 g/mol. The fourth-order valence-corrected chi connectivity index (χ4v) is 4.56. The molecule has 0 fully saturated rings. The first-order chi connectivity index (χ1) is 13.1. The molecule has 0 spiro atoms. The third kappa shape index (κ3) is 6.74. The van der Waals surface area contributed by atoms with Crippen LogP contribution in [0.1, 0.15) is 39.2 Å². The Morgan fingerprint density at radius 2 is 1.89 bits per heavy atom. The second kappa shape index (κ2) is 9.70.